The van der Waals surface area contributed by atoms with Crippen LogP contribution in [0.2, 0.25) is 0 Å². The molecule has 3 heterocycles. The van der Waals surface area contributed by atoms with Crippen LogP contribution in [0.15, 0.2) is 84.0 Å². The summed E-state index contributed by atoms with van der Waals surface area (Å²) in [6.07, 6.45) is 5.30. The smallest absolute Gasteiger partial charge is 0.275 e. The first-order chi connectivity index (χ1) is 20.2. The van der Waals surface area contributed by atoms with Gasteiger partial charge in [0.1, 0.15) is 11.5 Å². The van der Waals surface area contributed by atoms with Crippen LogP contribution in [0, 0.1) is 12.7 Å². The number of likely N-dealkylation sites (N-methyl/N-ethyl adjacent to an activating group) is 1. The lowest BCUT2D eigenvalue weighted by molar-refractivity contribution is -0.117. The molecule has 0 aliphatic carbocycles. The highest BCUT2D eigenvalue weighted by Gasteiger charge is 2.17. The second kappa shape index (κ2) is 11.8. The summed E-state index contributed by atoms with van der Waals surface area (Å²) < 4.78 is 17.4. The average Bonchev–Trinajstić information content (AvgIpc) is 3.33. The van der Waals surface area contributed by atoms with E-state index < -0.39 is 11.6 Å². The van der Waals surface area contributed by atoms with Crippen molar-refractivity contribution in [2.45, 2.75) is 26.4 Å². The van der Waals surface area contributed by atoms with Gasteiger partial charge in [-0.15, -0.1) is 0 Å². The summed E-state index contributed by atoms with van der Waals surface area (Å²) in [6, 6.07) is 16.4. The van der Waals surface area contributed by atoms with Gasteiger partial charge in [-0.05, 0) is 86.1 Å². The third-order valence-corrected chi connectivity index (χ3v) is 7.27. The van der Waals surface area contributed by atoms with Crippen molar-refractivity contribution in [3.05, 3.63) is 112 Å². The lowest BCUT2D eigenvalue weighted by Gasteiger charge is -2.17. The maximum Gasteiger partial charge on any atom is 0.275 e. The van der Waals surface area contributed by atoms with E-state index in [1.54, 1.807) is 74.4 Å². The van der Waals surface area contributed by atoms with E-state index in [1.165, 1.54) is 12.1 Å². The van der Waals surface area contributed by atoms with Crippen LogP contribution in [0.1, 0.15) is 28.4 Å². The molecule has 0 aliphatic heterocycles. The fourth-order valence-electron chi connectivity index (χ4n) is 4.87. The number of halogens is 1. The van der Waals surface area contributed by atoms with E-state index in [1.807, 2.05) is 29.8 Å². The number of benzene rings is 2. The third kappa shape index (κ3) is 5.57. The summed E-state index contributed by atoms with van der Waals surface area (Å²) in [5.74, 6) is -0.897. The number of nitrogens with one attached hydrogen (secondary N) is 3. The van der Waals surface area contributed by atoms with Crippen LogP contribution in [0.5, 0.6) is 0 Å². The zero-order valence-electron chi connectivity index (χ0n) is 23.7. The lowest BCUT2D eigenvalue weighted by atomic mass is 10.1. The van der Waals surface area contributed by atoms with E-state index in [4.69, 9.17) is 0 Å². The Bertz CT molecular complexity index is 1880. The second-order valence-corrected chi connectivity index (χ2v) is 10.1. The van der Waals surface area contributed by atoms with Gasteiger partial charge in [0.2, 0.25) is 5.91 Å². The maximum absolute atomic E-state index is 13.9. The monoisotopic (exact) mass is 566 g/mol. The van der Waals surface area contributed by atoms with Gasteiger partial charge in [-0.2, -0.15) is 0 Å². The Morgan fingerprint density at radius 1 is 1.02 bits per heavy atom. The number of carbonyl (C=O) groups excluding carboxylic acids is 2. The Morgan fingerprint density at radius 2 is 1.83 bits per heavy atom. The molecule has 10 heteroatoms. The van der Waals surface area contributed by atoms with Gasteiger partial charge in [0, 0.05) is 30.4 Å². The van der Waals surface area contributed by atoms with Crippen LogP contribution in [0.3, 0.4) is 0 Å². The van der Waals surface area contributed by atoms with Crippen molar-refractivity contribution in [1.82, 2.24) is 24.8 Å². The quantitative estimate of drug-likeness (QED) is 0.260. The van der Waals surface area contributed by atoms with E-state index in [0.717, 1.165) is 27.7 Å². The number of aryl methyl sites for hydroxylation is 1. The fraction of sp³-hybridized carbons (Fsp3) is 0.188. The molecule has 3 aromatic heterocycles. The number of anilines is 1. The number of rotatable bonds is 8. The van der Waals surface area contributed by atoms with Crippen molar-refractivity contribution in [2.75, 3.05) is 19.4 Å². The van der Waals surface area contributed by atoms with Crippen LogP contribution in [0.4, 0.5) is 10.1 Å². The number of nitrogens with zero attached hydrogens (tertiary/aromatic N) is 3. The predicted molar refractivity (Wildman–Crippen MR) is 162 cm³/mol. The molecule has 1 unspecified atom stereocenters. The molecule has 0 bridgehead atoms. The van der Waals surface area contributed by atoms with E-state index in [0.29, 0.717) is 16.8 Å². The first kappa shape index (κ1) is 28.4. The zero-order chi connectivity index (χ0) is 30.0. The summed E-state index contributed by atoms with van der Waals surface area (Å²) in [4.78, 5) is 43.2. The molecule has 1 atom stereocenters. The second-order valence-electron chi connectivity index (χ2n) is 10.1. The molecule has 5 aromatic rings. The van der Waals surface area contributed by atoms with Gasteiger partial charge in [-0.25, -0.2) is 4.39 Å². The summed E-state index contributed by atoms with van der Waals surface area (Å²) >= 11 is 0. The van der Waals surface area contributed by atoms with Gasteiger partial charge < -0.3 is 25.1 Å². The molecule has 2 amide bonds. The Kier molecular flexibility index (Phi) is 7.99. The van der Waals surface area contributed by atoms with E-state index >= 15 is 0 Å². The van der Waals surface area contributed by atoms with Crippen molar-refractivity contribution in [3.8, 4) is 16.9 Å². The fourth-order valence-corrected chi connectivity index (χ4v) is 4.87. The van der Waals surface area contributed by atoms with Crippen molar-refractivity contribution in [2.24, 2.45) is 0 Å². The van der Waals surface area contributed by atoms with E-state index in [9.17, 15) is 18.8 Å². The Labute approximate surface area is 242 Å². The zero-order valence-corrected chi connectivity index (χ0v) is 23.7. The topological polar surface area (TPSA) is 110 Å². The molecule has 0 spiro atoms. The van der Waals surface area contributed by atoms with Gasteiger partial charge in [-0.1, -0.05) is 12.1 Å². The van der Waals surface area contributed by atoms with Crippen LogP contribution < -0.4 is 21.5 Å². The first-order valence-electron chi connectivity index (χ1n) is 13.5. The summed E-state index contributed by atoms with van der Waals surface area (Å²) in [5.41, 5.74) is 4.63. The molecule has 214 valence electrons. The summed E-state index contributed by atoms with van der Waals surface area (Å²) in [6.45, 7) is 3.76. The third-order valence-electron chi connectivity index (χ3n) is 7.27. The van der Waals surface area contributed by atoms with Crippen LogP contribution in [0.25, 0.3) is 27.8 Å². The molecule has 0 radical (unpaired) electrons. The Morgan fingerprint density at radius 3 is 2.60 bits per heavy atom. The standard InChI is InChI=1S/C32H31FN6O3/c1-19-17-38(29-10-8-24(33)14-26(19)29)25-12-21(15-36-16-25)18-39-28(22-6-5-7-23(13-22)31(41)35-4)11-9-27(32(39)42)37-30(40)20(2)34-3/h5-17,20,34H,18H2,1-4H3,(H,35,41)(H,37,40). The van der Waals surface area contributed by atoms with Crippen molar-refractivity contribution < 1.29 is 14.0 Å². The minimum atomic E-state index is -0.504. The molecule has 5 rings (SSSR count). The molecule has 0 aliphatic rings. The highest BCUT2D eigenvalue weighted by atomic mass is 19.1. The highest BCUT2D eigenvalue weighted by Crippen LogP contribution is 2.26. The van der Waals surface area contributed by atoms with Crippen LogP contribution in [-0.2, 0) is 11.3 Å². The van der Waals surface area contributed by atoms with Crippen molar-refractivity contribution >= 4 is 28.4 Å². The Balaban J connectivity index is 1.60. The number of hydrogen-bond acceptors (Lipinski definition) is 5. The molecule has 42 heavy (non-hydrogen) atoms. The Hall–Kier alpha value is -5.09. The molecular weight excluding hydrogens is 535 g/mol. The summed E-state index contributed by atoms with van der Waals surface area (Å²) in [5, 5.41) is 9.01. The number of fused-ring (bicyclic) bond motifs is 1. The van der Waals surface area contributed by atoms with E-state index in [2.05, 4.69) is 20.9 Å². The van der Waals surface area contributed by atoms with Gasteiger partial charge in [0.05, 0.1) is 35.7 Å². The first-order valence-corrected chi connectivity index (χ1v) is 13.5. The number of aromatic nitrogens is 3. The predicted octanol–water partition coefficient (Wildman–Crippen LogP) is 4.26. The number of pyridine rings is 2. The number of amides is 2. The lowest BCUT2D eigenvalue weighted by Crippen LogP contribution is -2.37. The highest BCUT2D eigenvalue weighted by molar-refractivity contribution is 5.96. The maximum atomic E-state index is 13.9. The van der Waals surface area contributed by atoms with Gasteiger partial charge in [0.25, 0.3) is 11.5 Å². The SMILES string of the molecule is CNC(=O)c1cccc(-c2ccc(NC(=O)C(C)NC)c(=O)n2Cc2cncc(-n3cc(C)c4cc(F)ccc43)c2)c1. The van der Waals surface area contributed by atoms with Crippen LogP contribution >= 0.6 is 0 Å². The number of carbonyl (C=O) groups is 2. The molecule has 3 N–H and O–H groups in total. The van der Waals surface area contributed by atoms with Crippen molar-refractivity contribution in [1.29, 1.82) is 0 Å². The minimum Gasteiger partial charge on any atom is -0.355 e. The summed E-state index contributed by atoms with van der Waals surface area (Å²) in [7, 11) is 3.22. The number of hydrogen-bond donors (Lipinski definition) is 3. The normalized spacial score (nSPS) is 11.8. The van der Waals surface area contributed by atoms with Crippen molar-refractivity contribution in [3.63, 3.8) is 0 Å². The molecule has 0 saturated carbocycles. The molecule has 0 saturated heterocycles. The van der Waals surface area contributed by atoms with E-state index in [-0.39, 0.29) is 29.9 Å². The van der Waals surface area contributed by atoms with Crippen LogP contribution in [-0.4, -0.2) is 46.1 Å². The van der Waals surface area contributed by atoms with Gasteiger partial charge >= 0.3 is 0 Å². The largest absolute Gasteiger partial charge is 0.355 e. The van der Waals surface area contributed by atoms with Gasteiger partial charge in [-0.3, -0.25) is 19.4 Å². The molecule has 0 fully saturated rings. The average molecular weight is 567 g/mol. The molecule has 9 nitrogen and oxygen atoms in total. The van der Waals surface area contributed by atoms with Gasteiger partial charge in [0.15, 0.2) is 0 Å². The molecular formula is C32H31FN6O3. The minimum absolute atomic E-state index is 0.131. The molecule has 2 aromatic carbocycles.